The summed E-state index contributed by atoms with van der Waals surface area (Å²) in [5.74, 6) is 0.927. The summed E-state index contributed by atoms with van der Waals surface area (Å²) in [6.07, 6.45) is 7.42. The van der Waals surface area contributed by atoms with E-state index in [0.29, 0.717) is 68.5 Å². The number of hydrogen-bond acceptors (Lipinski definition) is 6. The quantitative estimate of drug-likeness (QED) is 0.340. The van der Waals surface area contributed by atoms with Crippen LogP contribution < -0.4 is 15.5 Å². The van der Waals surface area contributed by atoms with Crippen molar-refractivity contribution in [3.8, 4) is 0 Å². The maximum atomic E-state index is 13.5. The van der Waals surface area contributed by atoms with Gasteiger partial charge in [0, 0.05) is 70.4 Å². The number of hydrogen-bond donors (Lipinski definition) is 2. The molecule has 3 heterocycles. The summed E-state index contributed by atoms with van der Waals surface area (Å²) < 4.78 is 1.99. The SMILES string of the molecule is CN(C(=O)CC1CCCC1)c1ccc2c(c1)nc(NC(=O)c1cccc(CN3CCNC(=O)C3)c1)n2CCCN1CCCC1=O. The van der Waals surface area contributed by atoms with E-state index < -0.39 is 0 Å². The van der Waals surface area contributed by atoms with Crippen molar-refractivity contribution in [3.63, 3.8) is 0 Å². The number of carbonyl (C=O) groups is 4. The predicted molar refractivity (Wildman–Crippen MR) is 173 cm³/mol. The van der Waals surface area contributed by atoms with Gasteiger partial charge in [-0.3, -0.25) is 29.4 Å². The van der Waals surface area contributed by atoms with Crippen LogP contribution in [0.2, 0.25) is 0 Å². The van der Waals surface area contributed by atoms with Gasteiger partial charge in [0.25, 0.3) is 5.91 Å². The number of carbonyl (C=O) groups excluding carboxylic acids is 4. The van der Waals surface area contributed by atoms with E-state index >= 15 is 0 Å². The van der Waals surface area contributed by atoms with Crippen LogP contribution in [0.1, 0.15) is 67.3 Å². The topological polar surface area (TPSA) is 120 Å². The third-order valence-corrected chi connectivity index (χ3v) is 9.35. The van der Waals surface area contributed by atoms with Gasteiger partial charge in [-0.2, -0.15) is 0 Å². The number of imidazole rings is 1. The van der Waals surface area contributed by atoms with Gasteiger partial charge in [-0.1, -0.05) is 25.0 Å². The number of benzene rings is 2. The van der Waals surface area contributed by atoms with Gasteiger partial charge in [-0.15, -0.1) is 0 Å². The van der Waals surface area contributed by atoms with Gasteiger partial charge in [0.2, 0.25) is 23.7 Å². The Morgan fingerprint density at radius 1 is 1.04 bits per heavy atom. The lowest BCUT2D eigenvalue weighted by atomic mass is 10.0. The lowest BCUT2D eigenvalue weighted by molar-refractivity contribution is -0.128. The van der Waals surface area contributed by atoms with Crippen LogP contribution in [0.15, 0.2) is 42.5 Å². The Hall–Kier alpha value is -4.25. The Balaban J connectivity index is 1.21. The number of amides is 4. The molecule has 11 nitrogen and oxygen atoms in total. The van der Waals surface area contributed by atoms with E-state index in [4.69, 9.17) is 4.98 Å². The van der Waals surface area contributed by atoms with Crippen molar-refractivity contribution in [1.29, 1.82) is 0 Å². The Labute approximate surface area is 263 Å². The number of anilines is 2. The van der Waals surface area contributed by atoms with Crippen molar-refractivity contribution in [1.82, 2.24) is 24.7 Å². The van der Waals surface area contributed by atoms with Crippen LogP contribution in [-0.4, -0.2) is 82.8 Å². The Morgan fingerprint density at radius 2 is 1.89 bits per heavy atom. The lowest BCUT2D eigenvalue weighted by Gasteiger charge is -2.26. The molecular formula is C34H43N7O4. The van der Waals surface area contributed by atoms with E-state index in [0.717, 1.165) is 55.5 Å². The number of rotatable bonds is 11. The zero-order valence-electron chi connectivity index (χ0n) is 26.1. The van der Waals surface area contributed by atoms with Gasteiger partial charge >= 0.3 is 0 Å². The highest BCUT2D eigenvalue weighted by Gasteiger charge is 2.24. The van der Waals surface area contributed by atoms with Crippen LogP contribution >= 0.6 is 0 Å². The number of aromatic nitrogens is 2. The molecule has 6 rings (SSSR count). The first-order valence-electron chi connectivity index (χ1n) is 16.3. The van der Waals surface area contributed by atoms with E-state index in [1.165, 1.54) is 12.8 Å². The van der Waals surface area contributed by atoms with Gasteiger partial charge < -0.3 is 19.7 Å². The molecule has 238 valence electrons. The Bertz CT molecular complexity index is 1580. The zero-order chi connectivity index (χ0) is 31.3. The molecule has 3 fully saturated rings. The predicted octanol–water partition coefficient (Wildman–Crippen LogP) is 3.78. The van der Waals surface area contributed by atoms with Crippen molar-refractivity contribution >= 4 is 46.3 Å². The van der Waals surface area contributed by atoms with E-state index in [9.17, 15) is 19.2 Å². The van der Waals surface area contributed by atoms with E-state index in [-0.39, 0.29) is 23.6 Å². The van der Waals surface area contributed by atoms with Crippen molar-refractivity contribution in [2.45, 2.75) is 64.5 Å². The molecule has 2 aliphatic heterocycles. The van der Waals surface area contributed by atoms with Crippen LogP contribution in [0.25, 0.3) is 11.0 Å². The molecule has 1 aliphatic carbocycles. The molecule has 0 bridgehead atoms. The molecule has 0 atom stereocenters. The Morgan fingerprint density at radius 3 is 2.67 bits per heavy atom. The van der Waals surface area contributed by atoms with E-state index in [1.54, 1.807) is 11.0 Å². The third kappa shape index (κ3) is 7.36. The van der Waals surface area contributed by atoms with Crippen LogP contribution in [0.5, 0.6) is 0 Å². The maximum absolute atomic E-state index is 13.5. The molecular weight excluding hydrogens is 570 g/mol. The van der Waals surface area contributed by atoms with Gasteiger partial charge in [0.1, 0.15) is 0 Å². The summed E-state index contributed by atoms with van der Waals surface area (Å²) in [4.78, 5) is 61.1. The van der Waals surface area contributed by atoms with Gasteiger partial charge in [-0.05, 0) is 67.5 Å². The minimum Gasteiger partial charge on any atom is -0.354 e. The fourth-order valence-corrected chi connectivity index (χ4v) is 6.82. The van der Waals surface area contributed by atoms with Crippen molar-refractivity contribution in [2.24, 2.45) is 5.92 Å². The molecule has 0 spiro atoms. The fraction of sp³-hybridized carbons (Fsp3) is 0.500. The number of fused-ring (bicyclic) bond motifs is 1. The van der Waals surface area contributed by atoms with Gasteiger partial charge in [-0.25, -0.2) is 4.98 Å². The zero-order valence-corrected chi connectivity index (χ0v) is 26.1. The van der Waals surface area contributed by atoms with Crippen LogP contribution in [-0.2, 0) is 27.5 Å². The molecule has 1 saturated carbocycles. The normalized spacial score (nSPS) is 17.7. The Kier molecular flexibility index (Phi) is 9.44. The third-order valence-electron chi connectivity index (χ3n) is 9.35. The number of nitrogens with one attached hydrogen (secondary N) is 2. The molecule has 11 heteroatoms. The largest absolute Gasteiger partial charge is 0.354 e. The van der Waals surface area contributed by atoms with Crippen LogP contribution in [0, 0.1) is 5.92 Å². The second-order valence-corrected chi connectivity index (χ2v) is 12.6. The summed E-state index contributed by atoms with van der Waals surface area (Å²) >= 11 is 0. The molecule has 3 aromatic rings. The number of likely N-dealkylation sites (tertiary alicyclic amines) is 1. The number of piperazine rings is 1. The van der Waals surface area contributed by atoms with Crippen LogP contribution in [0.4, 0.5) is 11.6 Å². The molecule has 2 aromatic carbocycles. The summed E-state index contributed by atoms with van der Waals surface area (Å²) in [7, 11) is 1.81. The molecule has 0 radical (unpaired) electrons. The smallest absolute Gasteiger partial charge is 0.257 e. The van der Waals surface area contributed by atoms with E-state index in [2.05, 4.69) is 15.5 Å². The highest BCUT2D eigenvalue weighted by atomic mass is 16.2. The molecule has 4 amide bonds. The maximum Gasteiger partial charge on any atom is 0.257 e. The highest BCUT2D eigenvalue weighted by Crippen LogP contribution is 2.30. The summed E-state index contributed by atoms with van der Waals surface area (Å²) in [5, 5.41) is 5.88. The summed E-state index contributed by atoms with van der Waals surface area (Å²) in [6.45, 7) is 4.31. The summed E-state index contributed by atoms with van der Waals surface area (Å²) in [5.41, 5.74) is 3.78. The van der Waals surface area contributed by atoms with Crippen molar-refractivity contribution < 1.29 is 19.2 Å². The molecule has 45 heavy (non-hydrogen) atoms. The minimum absolute atomic E-state index is 0.00989. The molecule has 2 N–H and O–H groups in total. The molecule has 1 aromatic heterocycles. The minimum atomic E-state index is -0.274. The van der Waals surface area contributed by atoms with E-state index in [1.807, 2.05) is 52.9 Å². The average molecular weight is 614 g/mol. The van der Waals surface area contributed by atoms with Gasteiger partial charge in [0.15, 0.2) is 0 Å². The first kappa shape index (κ1) is 30.8. The standard InChI is InChI=1S/C34H43N7O4/c1-38(32(44)20-24-7-2-3-8-24)27-12-13-29-28(21-27)36-34(41(29)17-6-16-40-15-5-11-31(40)43)37-33(45)26-10-4-9-25(19-26)22-39-18-14-35-30(42)23-39/h4,9-10,12-13,19,21,24H,2-3,5-8,11,14-18,20,22-23H2,1H3,(H,35,42)(H,36,37,45). The number of nitrogens with zero attached hydrogens (tertiary/aromatic N) is 5. The molecule has 0 unspecified atom stereocenters. The number of aryl methyl sites for hydroxylation is 1. The fourth-order valence-electron chi connectivity index (χ4n) is 6.82. The monoisotopic (exact) mass is 613 g/mol. The first-order valence-corrected chi connectivity index (χ1v) is 16.3. The summed E-state index contributed by atoms with van der Waals surface area (Å²) in [6, 6.07) is 13.3. The molecule has 3 aliphatic rings. The van der Waals surface area contributed by atoms with Gasteiger partial charge in [0.05, 0.1) is 17.6 Å². The average Bonchev–Trinajstić information content (AvgIpc) is 3.77. The van der Waals surface area contributed by atoms with Crippen LogP contribution in [0.3, 0.4) is 0 Å². The van der Waals surface area contributed by atoms with Crippen molar-refractivity contribution in [3.05, 3.63) is 53.6 Å². The van der Waals surface area contributed by atoms with Crippen molar-refractivity contribution in [2.75, 3.05) is 50.0 Å². The first-order chi connectivity index (χ1) is 21.8. The molecule has 2 saturated heterocycles. The highest BCUT2D eigenvalue weighted by molar-refractivity contribution is 6.04. The second kappa shape index (κ2) is 13.8. The lowest BCUT2D eigenvalue weighted by Crippen LogP contribution is -2.47. The second-order valence-electron chi connectivity index (χ2n) is 12.6.